The molecule has 2 aromatic rings. The number of methoxy groups -OCH3 is 1. The van der Waals surface area contributed by atoms with Crippen molar-refractivity contribution in [1.29, 1.82) is 0 Å². The van der Waals surface area contributed by atoms with E-state index in [2.05, 4.69) is 5.32 Å². The van der Waals surface area contributed by atoms with Crippen LogP contribution in [0, 0.1) is 5.82 Å². The van der Waals surface area contributed by atoms with E-state index in [0.29, 0.717) is 24.6 Å². The number of hydrogen-bond donors (Lipinski definition) is 1. The van der Waals surface area contributed by atoms with Crippen molar-refractivity contribution in [1.82, 2.24) is 10.2 Å². The van der Waals surface area contributed by atoms with Gasteiger partial charge in [0.25, 0.3) is 0 Å². The second-order valence-corrected chi connectivity index (χ2v) is 6.12. The first-order chi connectivity index (χ1) is 12.5. The van der Waals surface area contributed by atoms with Gasteiger partial charge in [-0.25, -0.2) is 4.39 Å². The predicted molar refractivity (Wildman–Crippen MR) is 99.0 cm³/mol. The summed E-state index contributed by atoms with van der Waals surface area (Å²) >= 11 is 0. The molecule has 1 amide bonds. The van der Waals surface area contributed by atoms with Gasteiger partial charge < -0.3 is 19.7 Å². The number of hydrogen-bond acceptors (Lipinski definition) is 4. The maximum absolute atomic E-state index is 13.2. The monoisotopic (exact) mass is 360 g/mol. The molecule has 140 valence electrons. The van der Waals surface area contributed by atoms with Crippen molar-refractivity contribution < 1.29 is 18.7 Å². The Morgan fingerprint density at radius 1 is 1.12 bits per heavy atom. The van der Waals surface area contributed by atoms with Gasteiger partial charge in [-0.3, -0.25) is 4.79 Å². The van der Waals surface area contributed by atoms with Crippen LogP contribution >= 0.6 is 0 Å². The lowest BCUT2D eigenvalue weighted by Crippen LogP contribution is -2.33. The zero-order chi connectivity index (χ0) is 18.9. The SMILES string of the molecule is COc1cc(CCNCC(=O)N(C)C)ccc1OCc1cccc(F)c1. The van der Waals surface area contributed by atoms with Crippen molar-refractivity contribution in [2.75, 3.05) is 34.3 Å². The molecule has 26 heavy (non-hydrogen) atoms. The van der Waals surface area contributed by atoms with Crippen LogP contribution in [0.25, 0.3) is 0 Å². The first-order valence-corrected chi connectivity index (χ1v) is 8.44. The Labute approximate surface area is 153 Å². The quantitative estimate of drug-likeness (QED) is 0.699. The summed E-state index contributed by atoms with van der Waals surface area (Å²) in [4.78, 5) is 13.1. The number of benzene rings is 2. The number of nitrogens with one attached hydrogen (secondary N) is 1. The van der Waals surface area contributed by atoms with Gasteiger partial charge >= 0.3 is 0 Å². The smallest absolute Gasteiger partial charge is 0.236 e. The summed E-state index contributed by atoms with van der Waals surface area (Å²) in [5, 5.41) is 3.12. The van der Waals surface area contributed by atoms with Crippen LogP contribution in [-0.4, -0.2) is 45.1 Å². The summed E-state index contributed by atoms with van der Waals surface area (Å²) in [5.41, 5.74) is 1.83. The summed E-state index contributed by atoms with van der Waals surface area (Å²) in [7, 11) is 5.05. The van der Waals surface area contributed by atoms with E-state index in [1.165, 1.54) is 12.1 Å². The Hall–Kier alpha value is -2.60. The summed E-state index contributed by atoms with van der Waals surface area (Å²) in [6.07, 6.45) is 0.765. The van der Waals surface area contributed by atoms with Gasteiger partial charge in [-0.05, 0) is 48.4 Å². The maximum atomic E-state index is 13.2. The molecule has 0 saturated heterocycles. The molecular weight excluding hydrogens is 335 g/mol. The largest absolute Gasteiger partial charge is 0.493 e. The molecule has 0 aliphatic carbocycles. The number of amides is 1. The van der Waals surface area contributed by atoms with E-state index in [4.69, 9.17) is 9.47 Å². The number of nitrogens with zero attached hydrogens (tertiary/aromatic N) is 1. The highest BCUT2D eigenvalue weighted by molar-refractivity contribution is 5.77. The summed E-state index contributed by atoms with van der Waals surface area (Å²) in [6.45, 7) is 1.27. The minimum absolute atomic E-state index is 0.0451. The molecule has 0 spiro atoms. The van der Waals surface area contributed by atoms with Crippen LogP contribution in [0.1, 0.15) is 11.1 Å². The second-order valence-electron chi connectivity index (χ2n) is 6.12. The van der Waals surface area contributed by atoms with Crippen LogP contribution in [0.3, 0.4) is 0 Å². The first-order valence-electron chi connectivity index (χ1n) is 8.44. The van der Waals surface area contributed by atoms with Crippen LogP contribution in [0.4, 0.5) is 4.39 Å². The van der Waals surface area contributed by atoms with Gasteiger partial charge in [-0.15, -0.1) is 0 Å². The fourth-order valence-corrected chi connectivity index (χ4v) is 2.36. The zero-order valence-corrected chi connectivity index (χ0v) is 15.4. The van der Waals surface area contributed by atoms with Gasteiger partial charge in [0.15, 0.2) is 11.5 Å². The van der Waals surface area contributed by atoms with E-state index in [1.54, 1.807) is 32.2 Å². The zero-order valence-electron chi connectivity index (χ0n) is 15.4. The van der Waals surface area contributed by atoms with Gasteiger partial charge in [-0.2, -0.15) is 0 Å². The van der Waals surface area contributed by atoms with Crippen molar-refractivity contribution in [3.8, 4) is 11.5 Å². The van der Waals surface area contributed by atoms with Crippen LogP contribution in [0.5, 0.6) is 11.5 Å². The van der Waals surface area contributed by atoms with Crippen LogP contribution < -0.4 is 14.8 Å². The number of rotatable bonds is 9. The highest BCUT2D eigenvalue weighted by Gasteiger charge is 2.07. The van der Waals surface area contributed by atoms with E-state index >= 15 is 0 Å². The molecule has 1 N–H and O–H groups in total. The predicted octanol–water partition coefficient (Wildman–Crippen LogP) is 2.63. The van der Waals surface area contributed by atoms with Gasteiger partial charge in [0.1, 0.15) is 12.4 Å². The van der Waals surface area contributed by atoms with Crippen molar-refractivity contribution in [3.05, 3.63) is 59.4 Å². The van der Waals surface area contributed by atoms with E-state index < -0.39 is 0 Å². The highest BCUT2D eigenvalue weighted by Crippen LogP contribution is 2.29. The number of carbonyl (C=O) groups excluding carboxylic acids is 1. The number of likely N-dealkylation sites (N-methyl/N-ethyl adjacent to an activating group) is 1. The lowest BCUT2D eigenvalue weighted by atomic mass is 10.1. The second kappa shape index (κ2) is 9.77. The third-order valence-corrected chi connectivity index (χ3v) is 3.88. The molecule has 0 aliphatic rings. The molecule has 0 saturated carbocycles. The molecule has 0 aliphatic heterocycles. The Balaban J connectivity index is 1.89. The average Bonchev–Trinajstić information content (AvgIpc) is 2.63. The Bertz CT molecular complexity index is 735. The van der Waals surface area contributed by atoms with Gasteiger partial charge in [0, 0.05) is 14.1 Å². The molecular formula is C20H25FN2O3. The van der Waals surface area contributed by atoms with Crippen LogP contribution in [0.15, 0.2) is 42.5 Å². The van der Waals surface area contributed by atoms with Crippen molar-refractivity contribution in [2.45, 2.75) is 13.0 Å². The molecule has 0 unspecified atom stereocenters. The Kier molecular flexibility index (Phi) is 7.41. The lowest BCUT2D eigenvalue weighted by Gasteiger charge is -2.13. The Morgan fingerprint density at radius 3 is 2.62 bits per heavy atom. The molecule has 6 heteroatoms. The van der Waals surface area contributed by atoms with Gasteiger partial charge in [0.05, 0.1) is 13.7 Å². The third kappa shape index (κ3) is 6.04. The summed E-state index contributed by atoms with van der Waals surface area (Å²) in [5.74, 6) is 0.997. The fourth-order valence-electron chi connectivity index (χ4n) is 2.36. The van der Waals surface area contributed by atoms with E-state index in [9.17, 15) is 9.18 Å². The van der Waals surface area contributed by atoms with Crippen molar-refractivity contribution >= 4 is 5.91 Å². The highest BCUT2D eigenvalue weighted by atomic mass is 19.1. The maximum Gasteiger partial charge on any atom is 0.236 e. The van der Waals surface area contributed by atoms with E-state index in [1.807, 2.05) is 24.3 Å². The third-order valence-electron chi connectivity index (χ3n) is 3.88. The van der Waals surface area contributed by atoms with Crippen molar-refractivity contribution in [2.24, 2.45) is 0 Å². The molecule has 0 fully saturated rings. The van der Waals surface area contributed by atoms with Crippen LogP contribution in [0.2, 0.25) is 0 Å². The minimum atomic E-state index is -0.284. The molecule has 0 atom stereocenters. The molecule has 2 rings (SSSR count). The number of carbonyl (C=O) groups is 1. The lowest BCUT2D eigenvalue weighted by molar-refractivity contribution is -0.127. The van der Waals surface area contributed by atoms with E-state index in [0.717, 1.165) is 17.5 Å². The molecule has 0 aromatic heterocycles. The van der Waals surface area contributed by atoms with Crippen LogP contribution in [-0.2, 0) is 17.8 Å². The Morgan fingerprint density at radius 2 is 1.92 bits per heavy atom. The van der Waals surface area contributed by atoms with Crippen molar-refractivity contribution in [3.63, 3.8) is 0 Å². The fraction of sp³-hybridized carbons (Fsp3) is 0.350. The summed E-state index contributed by atoms with van der Waals surface area (Å²) in [6, 6.07) is 12.0. The van der Waals surface area contributed by atoms with Gasteiger partial charge in [0.2, 0.25) is 5.91 Å². The molecule has 0 bridgehead atoms. The van der Waals surface area contributed by atoms with Gasteiger partial charge in [-0.1, -0.05) is 18.2 Å². The molecule has 2 aromatic carbocycles. The standard InChI is InChI=1S/C20H25FN2O3/c1-23(2)20(24)13-22-10-9-15-7-8-18(19(12-15)25-3)26-14-16-5-4-6-17(21)11-16/h4-8,11-12,22H,9-10,13-14H2,1-3H3. The number of ether oxygens (including phenoxy) is 2. The molecule has 5 nitrogen and oxygen atoms in total. The molecule has 0 radical (unpaired) electrons. The summed E-state index contributed by atoms with van der Waals surface area (Å²) < 4.78 is 24.4. The average molecular weight is 360 g/mol. The number of halogens is 1. The topological polar surface area (TPSA) is 50.8 Å². The van der Waals surface area contributed by atoms with E-state index in [-0.39, 0.29) is 18.3 Å². The molecule has 0 heterocycles. The first kappa shape index (κ1) is 19.7. The minimum Gasteiger partial charge on any atom is -0.493 e. The normalized spacial score (nSPS) is 10.5.